The van der Waals surface area contributed by atoms with Gasteiger partial charge in [-0.15, -0.1) is 11.3 Å². The van der Waals surface area contributed by atoms with Crippen LogP contribution < -0.4 is 11.1 Å². The van der Waals surface area contributed by atoms with Crippen LogP contribution in [0.4, 0.5) is 0 Å². The number of thiazole rings is 1. The van der Waals surface area contributed by atoms with Crippen LogP contribution in [0.1, 0.15) is 45.0 Å². The lowest BCUT2D eigenvalue weighted by Crippen LogP contribution is -2.39. The van der Waals surface area contributed by atoms with Gasteiger partial charge in [-0.1, -0.05) is 13.3 Å². The molecule has 0 radical (unpaired) electrons. The second-order valence-electron chi connectivity index (χ2n) is 4.73. The van der Waals surface area contributed by atoms with Crippen LogP contribution in [-0.4, -0.2) is 17.6 Å². The molecule has 0 bridgehead atoms. The van der Waals surface area contributed by atoms with Crippen molar-refractivity contribution in [3.05, 3.63) is 16.6 Å². The first-order valence-corrected chi connectivity index (χ1v) is 6.85. The van der Waals surface area contributed by atoms with E-state index < -0.39 is 0 Å². The van der Waals surface area contributed by atoms with Gasteiger partial charge in [0, 0.05) is 17.6 Å². The van der Waals surface area contributed by atoms with Gasteiger partial charge in [0.05, 0.1) is 5.54 Å². The van der Waals surface area contributed by atoms with Crippen LogP contribution in [0.25, 0.3) is 0 Å². The first kappa shape index (κ1) is 13.6. The number of nitrogens with two attached hydrogens (primary N) is 1. The van der Waals surface area contributed by atoms with Crippen molar-refractivity contribution < 1.29 is 0 Å². The van der Waals surface area contributed by atoms with E-state index in [1.807, 2.05) is 11.6 Å². The summed E-state index contributed by atoms with van der Waals surface area (Å²) in [6, 6.07) is 0.324. The number of nitrogens with zero attached hydrogens (tertiary/aromatic N) is 1. The molecule has 0 aliphatic carbocycles. The van der Waals surface area contributed by atoms with E-state index in [-0.39, 0.29) is 5.54 Å². The van der Waals surface area contributed by atoms with Gasteiger partial charge in [0.15, 0.2) is 0 Å². The molecule has 0 aromatic carbocycles. The number of aromatic nitrogens is 1. The molecule has 0 spiro atoms. The van der Waals surface area contributed by atoms with Crippen molar-refractivity contribution >= 4 is 11.3 Å². The third-order valence-electron chi connectivity index (χ3n) is 2.71. The van der Waals surface area contributed by atoms with Gasteiger partial charge < -0.3 is 11.1 Å². The van der Waals surface area contributed by atoms with E-state index in [0.29, 0.717) is 6.04 Å². The molecule has 0 fully saturated rings. The van der Waals surface area contributed by atoms with Crippen molar-refractivity contribution in [2.45, 2.75) is 51.6 Å². The van der Waals surface area contributed by atoms with Crippen LogP contribution in [0, 0.1) is 0 Å². The zero-order chi connectivity index (χ0) is 12.0. The summed E-state index contributed by atoms with van der Waals surface area (Å²) in [6.45, 7) is 7.45. The van der Waals surface area contributed by atoms with E-state index >= 15 is 0 Å². The molecule has 16 heavy (non-hydrogen) atoms. The highest BCUT2D eigenvalue weighted by Gasteiger charge is 2.22. The monoisotopic (exact) mass is 241 g/mol. The Morgan fingerprint density at radius 2 is 2.25 bits per heavy atom. The standard InChI is InChI=1S/C12H23N3S/c1-4-5-10(13)6-7-15-12(2,3)11-14-8-9-16-11/h8-10,15H,4-7,13H2,1-3H3. The number of nitrogens with one attached hydrogen (secondary N) is 1. The van der Waals surface area contributed by atoms with Crippen molar-refractivity contribution in [2.24, 2.45) is 5.73 Å². The molecule has 0 saturated heterocycles. The van der Waals surface area contributed by atoms with Crippen molar-refractivity contribution in [3.63, 3.8) is 0 Å². The summed E-state index contributed by atoms with van der Waals surface area (Å²) in [5.74, 6) is 0. The average Bonchev–Trinajstić information content (AvgIpc) is 2.71. The minimum absolute atomic E-state index is 0.0416. The molecule has 1 rings (SSSR count). The van der Waals surface area contributed by atoms with Gasteiger partial charge in [0.25, 0.3) is 0 Å². The highest BCUT2D eigenvalue weighted by molar-refractivity contribution is 7.09. The van der Waals surface area contributed by atoms with Crippen LogP contribution in [0.2, 0.25) is 0 Å². The Balaban J connectivity index is 2.32. The maximum Gasteiger partial charge on any atom is 0.112 e. The lowest BCUT2D eigenvalue weighted by Gasteiger charge is -2.24. The predicted octanol–water partition coefficient (Wildman–Crippen LogP) is 2.49. The Morgan fingerprint density at radius 3 is 2.81 bits per heavy atom. The minimum Gasteiger partial charge on any atom is -0.328 e. The molecule has 4 heteroatoms. The normalized spacial score (nSPS) is 14.0. The van der Waals surface area contributed by atoms with Gasteiger partial charge in [0.1, 0.15) is 5.01 Å². The summed E-state index contributed by atoms with van der Waals surface area (Å²) in [6.07, 6.45) is 5.16. The SMILES string of the molecule is CCCC(N)CCNC(C)(C)c1nccs1. The molecule has 3 nitrogen and oxygen atoms in total. The third kappa shape index (κ3) is 4.20. The van der Waals surface area contributed by atoms with Crippen LogP contribution in [-0.2, 0) is 5.54 Å². The smallest absolute Gasteiger partial charge is 0.112 e. The second-order valence-corrected chi connectivity index (χ2v) is 5.62. The fourth-order valence-corrected chi connectivity index (χ4v) is 2.43. The van der Waals surface area contributed by atoms with Gasteiger partial charge in [-0.25, -0.2) is 4.98 Å². The highest BCUT2D eigenvalue weighted by Crippen LogP contribution is 2.21. The van der Waals surface area contributed by atoms with Crippen LogP contribution in [0.3, 0.4) is 0 Å². The largest absolute Gasteiger partial charge is 0.328 e. The molecule has 1 heterocycles. The highest BCUT2D eigenvalue weighted by atomic mass is 32.1. The van der Waals surface area contributed by atoms with Crippen molar-refractivity contribution in [2.75, 3.05) is 6.54 Å². The minimum atomic E-state index is -0.0416. The van der Waals surface area contributed by atoms with Crippen LogP contribution >= 0.6 is 11.3 Å². The summed E-state index contributed by atoms with van der Waals surface area (Å²) in [5.41, 5.74) is 5.94. The Hall–Kier alpha value is -0.450. The molecule has 1 unspecified atom stereocenters. The third-order valence-corrected chi connectivity index (χ3v) is 3.81. The summed E-state index contributed by atoms with van der Waals surface area (Å²) in [4.78, 5) is 4.35. The maximum atomic E-state index is 5.98. The Morgan fingerprint density at radius 1 is 1.50 bits per heavy atom. The zero-order valence-corrected chi connectivity index (χ0v) is 11.3. The molecule has 3 N–H and O–H groups in total. The first-order valence-electron chi connectivity index (χ1n) is 5.97. The summed E-state index contributed by atoms with van der Waals surface area (Å²) in [7, 11) is 0. The van der Waals surface area contributed by atoms with Gasteiger partial charge in [-0.3, -0.25) is 0 Å². The molecule has 1 aromatic rings. The van der Waals surface area contributed by atoms with Crippen molar-refractivity contribution in [3.8, 4) is 0 Å². The quantitative estimate of drug-likeness (QED) is 0.771. The van der Waals surface area contributed by atoms with E-state index in [0.717, 1.165) is 30.8 Å². The molecule has 1 aromatic heterocycles. The van der Waals surface area contributed by atoms with Gasteiger partial charge in [-0.2, -0.15) is 0 Å². The number of rotatable bonds is 7. The van der Waals surface area contributed by atoms with Gasteiger partial charge >= 0.3 is 0 Å². The molecular formula is C12H23N3S. The van der Waals surface area contributed by atoms with Crippen molar-refractivity contribution in [1.82, 2.24) is 10.3 Å². The molecule has 0 amide bonds. The lowest BCUT2D eigenvalue weighted by atomic mass is 10.1. The van der Waals surface area contributed by atoms with Gasteiger partial charge in [0.2, 0.25) is 0 Å². The maximum absolute atomic E-state index is 5.98. The van der Waals surface area contributed by atoms with E-state index in [2.05, 4.69) is 31.1 Å². The second kappa shape index (κ2) is 6.33. The molecule has 0 saturated carbocycles. The Bertz CT molecular complexity index is 282. The fraction of sp³-hybridized carbons (Fsp3) is 0.750. The average molecular weight is 241 g/mol. The van der Waals surface area contributed by atoms with E-state index in [9.17, 15) is 0 Å². The van der Waals surface area contributed by atoms with Gasteiger partial charge in [-0.05, 0) is 33.2 Å². The molecular weight excluding hydrogens is 218 g/mol. The fourth-order valence-electron chi connectivity index (χ4n) is 1.69. The van der Waals surface area contributed by atoms with E-state index in [1.165, 1.54) is 0 Å². The summed E-state index contributed by atoms with van der Waals surface area (Å²) < 4.78 is 0. The predicted molar refractivity (Wildman–Crippen MR) is 70.6 cm³/mol. The topological polar surface area (TPSA) is 50.9 Å². The molecule has 92 valence electrons. The molecule has 0 aliphatic rings. The first-order chi connectivity index (χ1) is 7.56. The lowest BCUT2D eigenvalue weighted by molar-refractivity contribution is 0.384. The van der Waals surface area contributed by atoms with E-state index in [1.54, 1.807) is 11.3 Å². The summed E-state index contributed by atoms with van der Waals surface area (Å²) in [5, 5.41) is 6.67. The van der Waals surface area contributed by atoms with E-state index in [4.69, 9.17) is 5.73 Å². The Kier molecular flexibility index (Phi) is 5.38. The number of hydrogen-bond acceptors (Lipinski definition) is 4. The molecule has 1 atom stereocenters. The zero-order valence-electron chi connectivity index (χ0n) is 10.5. The van der Waals surface area contributed by atoms with Crippen LogP contribution in [0.5, 0.6) is 0 Å². The summed E-state index contributed by atoms with van der Waals surface area (Å²) >= 11 is 1.69. The Labute approximate surface area is 102 Å². The van der Waals surface area contributed by atoms with Crippen LogP contribution in [0.15, 0.2) is 11.6 Å². The molecule has 0 aliphatic heterocycles. The van der Waals surface area contributed by atoms with Crippen molar-refractivity contribution in [1.29, 1.82) is 0 Å². The number of hydrogen-bond donors (Lipinski definition) is 2.